The number of rotatable bonds is 4. The van der Waals surface area contributed by atoms with E-state index in [0.29, 0.717) is 18.4 Å². The molecule has 0 heterocycles. The molecule has 104 valence electrons. The van der Waals surface area contributed by atoms with Crippen LogP contribution in [0.3, 0.4) is 0 Å². The highest BCUT2D eigenvalue weighted by molar-refractivity contribution is 5.49. The Bertz CT molecular complexity index is 587. The third kappa shape index (κ3) is 2.62. The molecule has 0 aliphatic heterocycles. The van der Waals surface area contributed by atoms with Gasteiger partial charge in [0.2, 0.25) is 0 Å². The minimum atomic E-state index is -0.313. The topological polar surface area (TPSA) is 21.3 Å². The van der Waals surface area contributed by atoms with Gasteiger partial charge in [-0.15, -0.1) is 0 Å². The van der Waals surface area contributed by atoms with Gasteiger partial charge in [0.15, 0.2) is 11.6 Å². The Balaban J connectivity index is 1.69. The minimum absolute atomic E-state index is 0.313. The molecule has 2 nitrogen and oxygen atoms in total. The lowest BCUT2D eigenvalue weighted by Crippen LogP contribution is -2.19. The van der Waals surface area contributed by atoms with Crippen molar-refractivity contribution in [1.29, 1.82) is 0 Å². The zero-order valence-corrected chi connectivity index (χ0v) is 11.5. The summed E-state index contributed by atoms with van der Waals surface area (Å²) in [5, 5.41) is 3.40. The second-order valence-electron chi connectivity index (χ2n) is 5.10. The van der Waals surface area contributed by atoms with E-state index in [2.05, 4.69) is 29.6 Å². The number of hydrogen-bond donors (Lipinski definition) is 1. The van der Waals surface area contributed by atoms with Crippen molar-refractivity contribution >= 4 is 5.69 Å². The first kappa shape index (κ1) is 13.0. The molecule has 2 aromatic rings. The van der Waals surface area contributed by atoms with Crippen LogP contribution in [0, 0.1) is 5.82 Å². The van der Waals surface area contributed by atoms with Gasteiger partial charge in [-0.05, 0) is 43.0 Å². The van der Waals surface area contributed by atoms with E-state index in [4.69, 9.17) is 4.74 Å². The van der Waals surface area contributed by atoms with Gasteiger partial charge in [0.05, 0.1) is 6.61 Å². The van der Waals surface area contributed by atoms with Crippen LogP contribution in [0.2, 0.25) is 0 Å². The fraction of sp³-hybridized carbons (Fsp3) is 0.294. The highest BCUT2D eigenvalue weighted by Crippen LogP contribution is 2.26. The molecule has 1 N–H and O–H groups in total. The molecule has 0 amide bonds. The molecule has 0 saturated heterocycles. The first-order chi connectivity index (χ1) is 9.76. The molecule has 1 aliphatic carbocycles. The van der Waals surface area contributed by atoms with E-state index in [1.807, 2.05) is 13.0 Å². The van der Waals surface area contributed by atoms with Crippen LogP contribution >= 0.6 is 0 Å². The number of nitrogens with one attached hydrogen (secondary N) is 1. The zero-order valence-electron chi connectivity index (χ0n) is 11.5. The van der Waals surface area contributed by atoms with E-state index in [1.165, 1.54) is 17.2 Å². The predicted molar refractivity (Wildman–Crippen MR) is 78.8 cm³/mol. The molecule has 0 aromatic heterocycles. The Kier molecular flexibility index (Phi) is 3.59. The third-order valence-electron chi connectivity index (χ3n) is 3.65. The third-order valence-corrected chi connectivity index (χ3v) is 3.65. The van der Waals surface area contributed by atoms with Crippen molar-refractivity contribution in [1.82, 2.24) is 0 Å². The number of fused-ring (bicyclic) bond motifs is 1. The van der Waals surface area contributed by atoms with Gasteiger partial charge in [-0.1, -0.05) is 24.3 Å². The molecule has 0 saturated carbocycles. The average molecular weight is 271 g/mol. The number of halogens is 1. The van der Waals surface area contributed by atoms with Crippen LogP contribution < -0.4 is 10.1 Å². The van der Waals surface area contributed by atoms with Crippen LogP contribution in [0.4, 0.5) is 10.1 Å². The van der Waals surface area contributed by atoms with Crippen molar-refractivity contribution in [3.63, 3.8) is 0 Å². The van der Waals surface area contributed by atoms with Crippen LogP contribution in [0.25, 0.3) is 0 Å². The van der Waals surface area contributed by atoms with Crippen molar-refractivity contribution in [2.24, 2.45) is 0 Å². The maximum atomic E-state index is 13.8. The van der Waals surface area contributed by atoms with Gasteiger partial charge in [0.25, 0.3) is 0 Å². The lowest BCUT2D eigenvalue weighted by atomic mass is 10.1. The summed E-state index contributed by atoms with van der Waals surface area (Å²) in [5.74, 6) is 0.000110. The average Bonchev–Trinajstić information content (AvgIpc) is 2.84. The summed E-state index contributed by atoms with van der Waals surface area (Å²) in [7, 11) is 0. The maximum Gasteiger partial charge on any atom is 0.167 e. The summed E-state index contributed by atoms with van der Waals surface area (Å²) in [6.07, 6.45) is 1.98. The van der Waals surface area contributed by atoms with Crippen LogP contribution in [0.15, 0.2) is 42.5 Å². The van der Waals surface area contributed by atoms with Gasteiger partial charge in [-0.2, -0.15) is 0 Å². The van der Waals surface area contributed by atoms with E-state index in [-0.39, 0.29) is 5.82 Å². The monoisotopic (exact) mass is 271 g/mol. The van der Waals surface area contributed by atoms with Crippen molar-refractivity contribution in [3.05, 3.63) is 59.4 Å². The van der Waals surface area contributed by atoms with E-state index < -0.39 is 0 Å². The smallest absolute Gasteiger partial charge is 0.167 e. The number of anilines is 1. The lowest BCUT2D eigenvalue weighted by Gasteiger charge is -2.14. The molecule has 0 spiro atoms. The molecular weight excluding hydrogens is 253 g/mol. The second kappa shape index (κ2) is 5.53. The molecule has 3 rings (SSSR count). The number of ether oxygens (including phenoxy) is 1. The molecule has 0 unspecified atom stereocenters. The Labute approximate surface area is 118 Å². The summed E-state index contributed by atoms with van der Waals surface area (Å²) >= 11 is 0. The molecule has 2 aromatic carbocycles. The van der Waals surface area contributed by atoms with E-state index in [9.17, 15) is 4.39 Å². The summed E-state index contributed by atoms with van der Waals surface area (Å²) in [6.45, 7) is 2.32. The quantitative estimate of drug-likeness (QED) is 0.913. The molecule has 0 bridgehead atoms. The first-order valence-electron chi connectivity index (χ1n) is 7.02. The Hall–Kier alpha value is -2.03. The Morgan fingerprint density at radius 1 is 1.15 bits per heavy atom. The van der Waals surface area contributed by atoms with Gasteiger partial charge >= 0.3 is 0 Å². The van der Waals surface area contributed by atoms with Gasteiger partial charge in [-0.3, -0.25) is 0 Å². The fourth-order valence-electron chi connectivity index (χ4n) is 2.76. The van der Waals surface area contributed by atoms with E-state index >= 15 is 0 Å². The van der Waals surface area contributed by atoms with Crippen LogP contribution in [0.5, 0.6) is 5.75 Å². The molecule has 0 radical (unpaired) electrons. The summed E-state index contributed by atoms with van der Waals surface area (Å²) in [5.41, 5.74) is 3.58. The highest BCUT2D eigenvalue weighted by Gasteiger charge is 2.20. The lowest BCUT2D eigenvalue weighted by molar-refractivity contribution is 0.321. The first-order valence-corrected chi connectivity index (χ1v) is 7.02. The summed E-state index contributed by atoms with van der Waals surface area (Å²) in [6, 6.07) is 13.9. The molecule has 0 fully saturated rings. The molecule has 0 atom stereocenters. The van der Waals surface area contributed by atoms with Gasteiger partial charge in [-0.25, -0.2) is 4.39 Å². The van der Waals surface area contributed by atoms with Crippen LogP contribution in [-0.2, 0) is 12.8 Å². The SMILES string of the molecule is CCOc1ccc(NC2Cc3ccccc3C2)cc1F. The van der Waals surface area contributed by atoms with E-state index in [1.54, 1.807) is 6.07 Å². The van der Waals surface area contributed by atoms with Crippen molar-refractivity contribution in [2.45, 2.75) is 25.8 Å². The van der Waals surface area contributed by atoms with Crippen LogP contribution in [0.1, 0.15) is 18.1 Å². The Morgan fingerprint density at radius 3 is 2.45 bits per heavy atom. The molecule has 1 aliphatic rings. The van der Waals surface area contributed by atoms with E-state index in [0.717, 1.165) is 18.5 Å². The zero-order chi connectivity index (χ0) is 13.9. The minimum Gasteiger partial charge on any atom is -0.491 e. The summed E-state index contributed by atoms with van der Waals surface area (Å²) < 4.78 is 19.0. The van der Waals surface area contributed by atoms with Crippen molar-refractivity contribution in [3.8, 4) is 5.75 Å². The number of benzene rings is 2. The largest absolute Gasteiger partial charge is 0.491 e. The maximum absolute atomic E-state index is 13.8. The van der Waals surface area contributed by atoms with Crippen molar-refractivity contribution < 1.29 is 9.13 Å². The molecular formula is C17H18FNO. The predicted octanol–water partition coefficient (Wildman–Crippen LogP) is 3.80. The fourth-order valence-corrected chi connectivity index (χ4v) is 2.76. The summed E-state index contributed by atoms with van der Waals surface area (Å²) in [4.78, 5) is 0. The van der Waals surface area contributed by atoms with Gasteiger partial charge in [0.1, 0.15) is 0 Å². The number of hydrogen-bond acceptors (Lipinski definition) is 2. The van der Waals surface area contributed by atoms with Gasteiger partial charge in [0, 0.05) is 17.8 Å². The second-order valence-corrected chi connectivity index (χ2v) is 5.10. The van der Waals surface area contributed by atoms with Gasteiger partial charge < -0.3 is 10.1 Å². The standard InChI is InChI=1S/C17H18FNO/c1-2-20-17-8-7-14(11-16(17)18)19-15-9-12-5-3-4-6-13(12)10-15/h3-8,11,15,19H,2,9-10H2,1H3. The van der Waals surface area contributed by atoms with Crippen LogP contribution in [-0.4, -0.2) is 12.6 Å². The van der Waals surface area contributed by atoms with Crippen molar-refractivity contribution in [2.75, 3.05) is 11.9 Å². The molecule has 3 heteroatoms. The highest BCUT2D eigenvalue weighted by atomic mass is 19.1. The Morgan fingerprint density at radius 2 is 1.85 bits per heavy atom. The normalized spacial score (nSPS) is 14.1. The molecule has 20 heavy (non-hydrogen) atoms.